The number of carbonyl (C=O) groups is 1. The fourth-order valence-electron chi connectivity index (χ4n) is 2.10. The molecular formula is C15H11N3O. The van der Waals surface area contributed by atoms with Crippen LogP contribution in [0.5, 0.6) is 0 Å². The third-order valence-electron chi connectivity index (χ3n) is 3.14. The summed E-state index contributed by atoms with van der Waals surface area (Å²) in [5.41, 5.74) is 2.34. The van der Waals surface area contributed by atoms with Crippen molar-refractivity contribution in [2.75, 3.05) is 0 Å². The van der Waals surface area contributed by atoms with Gasteiger partial charge in [-0.1, -0.05) is 18.2 Å². The van der Waals surface area contributed by atoms with Crippen LogP contribution in [-0.4, -0.2) is 10.9 Å². The molecule has 0 aliphatic carbocycles. The van der Waals surface area contributed by atoms with Crippen LogP contribution in [0.4, 0.5) is 0 Å². The second-order valence-electron chi connectivity index (χ2n) is 4.12. The maximum Gasteiger partial charge on any atom is 0.166 e. The molecule has 19 heavy (non-hydrogen) atoms. The lowest BCUT2D eigenvalue weighted by Crippen LogP contribution is -2.08. The molecule has 1 atom stereocenters. The maximum atomic E-state index is 10.9. The minimum absolute atomic E-state index is 0.475. The number of nitrogens with zero attached hydrogens (tertiary/aromatic N) is 3. The first-order chi connectivity index (χ1) is 9.22. The summed E-state index contributed by atoms with van der Waals surface area (Å²) in [4.78, 5) is 10.9. The van der Waals surface area contributed by atoms with Crippen LogP contribution in [0.1, 0.15) is 33.2 Å². The number of hydrogen-bond donors (Lipinski definition) is 0. The summed E-state index contributed by atoms with van der Waals surface area (Å²) in [6.45, 7) is 0. The average molecular weight is 249 g/mol. The smallest absolute Gasteiger partial charge is 0.166 e. The van der Waals surface area contributed by atoms with E-state index in [2.05, 4.69) is 12.1 Å². The molecule has 0 N–H and O–H groups in total. The summed E-state index contributed by atoms with van der Waals surface area (Å²) in [6.07, 6.45) is 0.744. The lowest BCUT2D eigenvalue weighted by atomic mass is 9.93. The molecule has 1 aromatic heterocycles. The highest BCUT2D eigenvalue weighted by Gasteiger charge is 2.20. The van der Waals surface area contributed by atoms with E-state index in [1.807, 2.05) is 0 Å². The van der Waals surface area contributed by atoms with E-state index >= 15 is 0 Å². The van der Waals surface area contributed by atoms with Crippen LogP contribution in [-0.2, 0) is 7.05 Å². The van der Waals surface area contributed by atoms with Gasteiger partial charge in [0.25, 0.3) is 0 Å². The second-order valence-corrected chi connectivity index (χ2v) is 4.12. The summed E-state index contributed by atoms with van der Waals surface area (Å²) in [7, 11) is 1.73. The Morgan fingerprint density at radius 3 is 2.53 bits per heavy atom. The quantitative estimate of drug-likeness (QED) is 0.784. The van der Waals surface area contributed by atoms with Gasteiger partial charge in [0.05, 0.1) is 23.4 Å². The van der Waals surface area contributed by atoms with Crippen molar-refractivity contribution in [2.45, 2.75) is 5.92 Å². The highest BCUT2D eigenvalue weighted by atomic mass is 16.1. The first-order valence-electron chi connectivity index (χ1n) is 5.72. The number of aldehydes is 1. The monoisotopic (exact) mass is 249 g/mol. The fraction of sp³-hybridized carbons (Fsp3) is 0.133. The van der Waals surface area contributed by atoms with Gasteiger partial charge in [0.1, 0.15) is 5.92 Å². The number of rotatable bonds is 3. The van der Waals surface area contributed by atoms with E-state index in [9.17, 15) is 10.1 Å². The van der Waals surface area contributed by atoms with Crippen molar-refractivity contribution in [2.24, 2.45) is 7.05 Å². The zero-order chi connectivity index (χ0) is 13.8. The molecule has 4 heteroatoms. The topological polar surface area (TPSA) is 69.6 Å². The van der Waals surface area contributed by atoms with Gasteiger partial charge in [-0.15, -0.1) is 0 Å². The van der Waals surface area contributed by atoms with Gasteiger partial charge < -0.3 is 4.57 Å². The van der Waals surface area contributed by atoms with E-state index in [1.165, 1.54) is 0 Å². The van der Waals surface area contributed by atoms with E-state index in [4.69, 9.17) is 5.26 Å². The summed E-state index contributed by atoms with van der Waals surface area (Å²) < 4.78 is 1.68. The Balaban J connectivity index is 2.58. The molecule has 0 saturated carbocycles. The SMILES string of the molecule is Cn1c(C=O)ccc1C(C#N)c1ccccc1C#N. The molecule has 2 aromatic rings. The Bertz CT molecular complexity index is 701. The summed E-state index contributed by atoms with van der Waals surface area (Å²) >= 11 is 0. The number of aromatic nitrogens is 1. The average Bonchev–Trinajstić information content (AvgIpc) is 2.82. The van der Waals surface area contributed by atoms with Gasteiger partial charge in [0.2, 0.25) is 0 Å². The first kappa shape index (κ1) is 12.6. The van der Waals surface area contributed by atoms with Crippen LogP contribution in [0.25, 0.3) is 0 Å². The molecule has 0 aliphatic heterocycles. The summed E-state index contributed by atoms with van der Waals surface area (Å²) in [5.74, 6) is -0.561. The molecule has 1 heterocycles. The van der Waals surface area contributed by atoms with E-state index in [-0.39, 0.29) is 0 Å². The molecule has 0 fully saturated rings. The molecule has 2 rings (SSSR count). The third kappa shape index (κ3) is 2.12. The summed E-state index contributed by atoms with van der Waals surface area (Å²) in [5, 5.41) is 18.5. The number of carbonyl (C=O) groups excluding carboxylic acids is 1. The van der Waals surface area contributed by atoms with Crippen molar-refractivity contribution in [3.63, 3.8) is 0 Å². The van der Waals surface area contributed by atoms with Gasteiger partial charge in [0, 0.05) is 12.7 Å². The highest BCUT2D eigenvalue weighted by molar-refractivity contribution is 5.73. The largest absolute Gasteiger partial charge is 0.344 e. The zero-order valence-corrected chi connectivity index (χ0v) is 10.4. The normalized spacial score (nSPS) is 11.3. The lowest BCUT2D eigenvalue weighted by molar-refractivity contribution is 0.111. The van der Waals surface area contributed by atoms with Gasteiger partial charge in [0.15, 0.2) is 6.29 Å². The molecule has 0 aliphatic rings. The second kappa shape index (κ2) is 5.20. The van der Waals surface area contributed by atoms with Crippen molar-refractivity contribution in [1.82, 2.24) is 4.57 Å². The summed E-state index contributed by atoms with van der Waals surface area (Å²) in [6, 6.07) is 14.7. The van der Waals surface area contributed by atoms with Crippen molar-refractivity contribution >= 4 is 6.29 Å². The lowest BCUT2D eigenvalue weighted by Gasteiger charge is -2.13. The van der Waals surface area contributed by atoms with E-state index in [0.29, 0.717) is 22.5 Å². The molecule has 0 bridgehead atoms. The zero-order valence-electron chi connectivity index (χ0n) is 10.4. The molecule has 1 aromatic carbocycles. The molecule has 0 saturated heterocycles. The number of nitriles is 2. The Morgan fingerprint density at radius 1 is 1.21 bits per heavy atom. The third-order valence-corrected chi connectivity index (χ3v) is 3.14. The van der Waals surface area contributed by atoms with Crippen molar-refractivity contribution in [3.05, 3.63) is 58.9 Å². The maximum absolute atomic E-state index is 10.9. The molecule has 0 radical (unpaired) electrons. The Hall–Kier alpha value is -2.85. The minimum Gasteiger partial charge on any atom is -0.344 e. The van der Waals surface area contributed by atoms with Gasteiger partial charge in [-0.3, -0.25) is 4.79 Å². The molecule has 0 spiro atoms. The highest BCUT2D eigenvalue weighted by Crippen LogP contribution is 2.27. The van der Waals surface area contributed by atoms with E-state index < -0.39 is 5.92 Å². The molecular weight excluding hydrogens is 238 g/mol. The van der Waals surface area contributed by atoms with Crippen molar-refractivity contribution < 1.29 is 4.79 Å². The molecule has 1 unspecified atom stereocenters. The number of benzene rings is 1. The van der Waals surface area contributed by atoms with Crippen LogP contribution in [0.15, 0.2) is 36.4 Å². The van der Waals surface area contributed by atoms with Gasteiger partial charge >= 0.3 is 0 Å². The molecule has 4 nitrogen and oxygen atoms in total. The van der Waals surface area contributed by atoms with Crippen molar-refractivity contribution in [1.29, 1.82) is 10.5 Å². The van der Waals surface area contributed by atoms with Crippen molar-refractivity contribution in [3.8, 4) is 12.1 Å². The minimum atomic E-state index is -0.561. The van der Waals surface area contributed by atoms with Gasteiger partial charge in [-0.2, -0.15) is 10.5 Å². The molecule has 92 valence electrons. The van der Waals surface area contributed by atoms with Crippen LogP contribution >= 0.6 is 0 Å². The predicted octanol–water partition coefficient (Wildman–Crippen LogP) is 2.36. The molecule has 0 amide bonds. The van der Waals surface area contributed by atoms with Crippen LogP contribution in [0.2, 0.25) is 0 Å². The van der Waals surface area contributed by atoms with Crippen LogP contribution < -0.4 is 0 Å². The van der Waals surface area contributed by atoms with E-state index in [0.717, 1.165) is 6.29 Å². The van der Waals surface area contributed by atoms with Gasteiger partial charge in [-0.05, 0) is 23.8 Å². The standard InChI is InChI=1S/C15H11N3O/c1-18-12(10-19)6-7-15(18)14(9-17)13-5-3-2-4-11(13)8-16/h2-7,10,14H,1H3. The Morgan fingerprint density at radius 2 is 1.95 bits per heavy atom. The van der Waals surface area contributed by atoms with E-state index in [1.54, 1.807) is 48.0 Å². The first-order valence-corrected chi connectivity index (χ1v) is 5.72. The predicted molar refractivity (Wildman–Crippen MR) is 69.4 cm³/mol. The van der Waals surface area contributed by atoms with Gasteiger partial charge in [-0.25, -0.2) is 0 Å². The van der Waals surface area contributed by atoms with Crippen LogP contribution in [0, 0.1) is 22.7 Å². The Labute approximate surface area is 111 Å². The fourth-order valence-corrected chi connectivity index (χ4v) is 2.10. The Kier molecular flexibility index (Phi) is 3.45. The van der Waals surface area contributed by atoms with Crippen LogP contribution in [0.3, 0.4) is 0 Å². The number of hydrogen-bond acceptors (Lipinski definition) is 3.